The molecule has 0 aliphatic rings. The molecule has 0 aromatic carbocycles. The molecule has 68 valence electrons. The lowest BCUT2D eigenvalue weighted by Crippen LogP contribution is -1.80. The van der Waals surface area contributed by atoms with Gasteiger partial charge in [0.25, 0.3) is 0 Å². The number of allylic oxidation sites excluding steroid dienone is 5. The van der Waals surface area contributed by atoms with Crippen LogP contribution >= 0.6 is 0 Å². The smallest absolute Gasteiger partial charge is 0.0206 e. The van der Waals surface area contributed by atoms with Gasteiger partial charge in [0.05, 0.1) is 0 Å². The van der Waals surface area contributed by atoms with E-state index in [1.807, 2.05) is 26.8 Å². The number of hydrogen-bond acceptors (Lipinski definition) is 0. The van der Waals surface area contributed by atoms with Crippen molar-refractivity contribution in [3.63, 3.8) is 0 Å². The van der Waals surface area contributed by atoms with Crippen molar-refractivity contribution >= 4 is 0 Å². The topological polar surface area (TPSA) is 0 Å². The fourth-order valence-electron chi connectivity index (χ4n) is 0.737. The van der Waals surface area contributed by atoms with E-state index < -0.39 is 0 Å². The summed E-state index contributed by atoms with van der Waals surface area (Å²) in [6.07, 6.45) is 1.97. The van der Waals surface area contributed by atoms with Gasteiger partial charge in [-0.1, -0.05) is 43.2 Å². The van der Waals surface area contributed by atoms with Gasteiger partial charge in [-0.2, -0.15) is 0 Å². The van der Waals surface area contributed by atoms with Crippen LogP contribution < -0.4 is 0 Å². The van der Waals surface area contributed by atoms with Crippen LogP contribution in [0.4, 0.5) is 0 Å². The Bertz CT molecular complexity index is 327. The van der Waals surface area contributed by atoms with Gasteiger partial charge < -0.3 is 0 Å². The summed E-state index contributed by atoms with van der Waals surface area (Å²) in [5, 5.41) is 0. The highest BCUT2D eigenvalue weighted by Crippen LogP contribution is 2.08. The normalized spacial score (nSPS) is 9.92. The maximum absolute atomic E-state index is 3.86. The molecule has 0 aliphatic carbocycles. The molecule has 0 aliphatic heterocycles. The Kier molecular flexibility index (Phi) is 4.62. The van der Waals surface area contributed by atoms with Gasteiger partial charge in [-0.15, -0.1) is 0 Å². The third kappa shape index (κ3) is 5.75. The predicted molar refractivity (Wildman–Crippen MR) is 60.3 cm³/mol. The van der Waals surface area contributed by atoms with E-state index in [1.165, 1.54) is 0 Å². The van der Waals surface area contributed by atoms with E-state index >= 15 is 0 Å². The first-order valence-corrected chi connectivity index (χ1v) is 4.14. The first-order valence-electron chi connectivity index (χ1n) is 4.14. The Morgan fingerprint density at radius 2 is 1.54 bits per heavy atom. The van der Waals surface area contributed by atoms with Crippen molar-refractivity contribution in [2.24, 2.45) is 0 Å². The van der Waals surface area contributed by atoms with Gasteiger partial charge in [-0.25, -0.2) is 0 Å². The molecule has 0 heteroatoms. The monoisotopic (exact) mass is 172 g/mol. The lowest BCUT2D eigenvalue weighted by Gasteiger charge is -1.96. The van der Waals surface area contributed by atoms with E-state index in [0.717, 1.165) is 22.3 Å². The van der Waals surface area contributed by atoms with Crippen LogP contribution in [0.5, 0.6) is 0 Å². The van der Waals surface area contributed by atoms with Gasteiger partial charge in [0.1, 0.15) is 0 Å². The average Bonchev–Trinajstić information content (AvgIpc) is 1.98. The van der Waals surface area contributed by atoms with Gasteiger partial charge in [0.15, 0.2) is 0 Å². The molecule has 0 rings (SSSR count). The summed E-state index contributed by atoms with van der Waals surface area (Å²) in [6, 6.07) is 0. The second-order valence-corrected chi connectivity index (χ2v) is 3.18. The van der Waals surface area contributed by atoms with E-state index in [-0.39, 0.29) is 0 Å². The second-order valence-electron chi connectivity index (χ2n) is 3.18. The van der Waals surface area contributed by atoms with E-state index in [9.17, 15) is 0 Å². The molecule has 0 fully saturated rings. The molecule has 0 aromatic heterocycles. The fraction of sp³-hybridized carbons (Fsp3) is 0.231. The largest absolute Gasteiger partial charge is 0.0961 e. The number of hydrogen-bond donors (Lipinski definition) is 0. The Hall–Kier alpha value is -1.48. The quantitative estimate of drug-likeness (QED) is 0.440. The summed E-state index contributed by atoms with van der Waals surface area (Å²) in [5.74, 6) is 5.82. The van der Waals surface area contributed by atoms with Crippen LogP contribution in [-0.4, -0.2) is 0 Å². The maximum atomic E-state index is 3.86. The first-order chi connectivity index (χ1) is 5.93. The molecule has 0 atom stereocenters. The summed E-state index contributed by atoms with van der Waals surface area (Å²) in [6.45, 7) is 17.1. The summed E-state index contributed by atoms with van der Waals surface area (Å²) in [5.41, 5.74) is 3.74. The highest BCUT2D eigenvalue weighted by atomic mass is 13.9. The third-order valence-corrected chi connectivity index (χ3v) is 1.37. The zero-order valence-corrected chi connectivity index (χ0v) is 8.70. The summed E-state index contributed by atoms with van der Waals surface area (Å²) >= 11 is 0. The van der Waals surface area contributed by atoms with Gasteiger partial charge in [0, 0.05) is 5.57 Å². The van der Waals surface area contributed by atoms with Crippen LogP contribution in [0.2, 0.25) is 0 Å². The van der Waals surface area contributed by atoms with Crippen molar-refractivity contribution in [1.82, 2.24) is 0 Å². The molecule has 0 bridgehead atoms. The Balaban J connectivity index is 4.57. The van der Waals surface area contributed by atoms with Crippen molar-refractivity contribution in [2.45, 2.75) is 20.8 Å². The van der Waals surface area contributed by atoms with Crippen LogP contribution in [0.15, 0.2) is 48.1 Å². The van der Waals surface area contributed by atoms with Crippen molar-refractivity contribution in [2.75, 3.05) is 0 Å². The highest BCUT2D eigenvalue weighted by Gasteiger charge is 1.91. The average molecular weight is 172 g/mol. The minimum absolute atomic E-state index is 0.825. The molecule has 0 spiro atoms. The molecule has 0 aromatic rings. The molecule has 0 N–H and O–H groups in total. The minimum atomic E-state index is 0.825. The number of rotatable bonds is 2. The SMILES string of the molecule is C=C(C)C#CC(=C)/C(C)=C\C(=C)C. The van der Waals surface area contributed by atoms with Crippen LogP contribution in [0.1, 0.15) is 20.8 Å². The van der Waals surface area contributed by atoms with E-state index in [0.29, 0.717) is 0 Å². The summed E-state index contributed by atoms with van der Waals surface area (Å²) in [4.78, 5) is 0. The molecule has 0 saturated carbocycles. The van der Waals surface area contributed by atoms with Crippen LogP contribution in [0, 0.1) is 11.8 Å². The Morgan fingerprint density at radius 3 is 1.92 bits per heavy atom. The fourth-order valence-corrected chi connectivity index (χ4v) is 0.737. The van der Waals surface area contributed by atoms with Gasteiger partial charge in [0.2, 0.25) is 0 Å². The van der Waals surface area contributed by atoms with Gasteiger partial charge >= 0.3 is 0 Å². The molecule has 0 heterocycles. The Morgan fingerprint density at radius 1 is 1.00 bits per heavy atom. The molecule has 0 nitrogen and oxygen atoms in total. The summed E-state index contributed by atoms with van der Waals surface area (Å²) < 4.78 is 0. The first kappa shape index (κ1) is 11.5. The standard InChI is InChI=1S/C13H16/c1-10(2)7-8-12(5)13(6)9-11(3)4/h9H,1,3,5H2,2,4,6H3/b13-9-. The molecule has 13 heavy (non-hydrogen) atoms. The van der Waals surface area contributed by atoms with E-state index in [1.54, 1.807) is 0 Å². The zero-order valence-electron chi connectivity index (χ0n) is 8.70. The minimum Gasteiger partial charge on any atom is -0.0961 e. The molecular formula is C13H16. The highest BCUT2D eigenvalue weighted by molar-refractivity contribution is 5.47. The van der Waals surface area contributed by atoms with E-state index in [2.05, 4.69) is 31.6 Å². The molecule has 0 amide bonds. The predicted octanol–water partition coefficient (Wildman–Crippen LogP) is 3.64. The summed E-state index contributed by atoms with van der Waals surface area (Å²) in [7, 11) is 0. The molecular weight excluding hydrogens is 156 g/mol. The second kappa shape index (κ2) is 5.22. The molecule has 0 radical (unpaired) electrons. The maximum Gasteiger partial charge on any atom is 0.0206 e. The lowest BCUT2D eigenvalue weighted by molar-refractivity contribution is 1.41. The van der Waals surface area contributed by atoms with E-state index in [4.69, 9.17) is 0 Å². The molecule has 0 unspecified atom stereocenters. The molecule has 0 saturated heterocycles. The van der Waals surface area contributed by atoms with Crippen molar-refractivity contribution in [1.29, 1.82) is 0 Å². The van der Waals surface area contributed by atoms with Crippen LogP contribution in [-0.2, 0) is 0 Å². The van der Waals surface area contributed by atoms with Crippen molar-refractivity contribution in [3.05, 3.63) is 48.1 Å². The van der Waals surface area contributed by atoms with Crippen molar-refractivity contribution in [3.8, 4) is 11.8 Å². The van der Waals surface area contributed by atoms with Crippen molar-refractivity contribution < 1.29 is 0 Å². The zero-order chi connectivity index (χ0) is 10.4. The Labute approximate surface area is 81.4 Å². The lowest BCUT2D eigenvalue weighted by atomic mass is 10.1. The van der Waals surface area contributed by atoms with Gasteiger partial charge in [-0.05, 0) is 31.9 Å². The van der Waals surface area contributed by atoms with Crippen LogP contribution in [0.3, 0.4) is 0 Å². The van der Waals surface area contributed by atoms with Crippen LogP contribution in [0.25, 0.3) is 0 Å². The van der Waals surface area contributed by atoms with Gasteiger partial charge in [-0.3, -0.25) is 0 Å². The third-order valence-electron chi connectivity index (χ3n) is 1.37.